The zero-order valence-electron chi connectivity index (χ0n) is 7.99. The number of benzene rings is 1. The molecule has 0 spiro atoms. The van der Waals surface area contributed by atoms with Gasteiger partial charge in [0.1, 0.15) is 0 Å². The summed E-state index contributed by atoms with van der Waals surface area (Å²) in [6.45, 7) is 0. The Morgan fingerprint density at radius 2 is 1.79 bits per heavy atom. The van der Waals surface area contributed by atoms with Crippen molar-refractivity contribution in [1.82, 2.24) is 5.32 Å². The Morgan fingerprint density at radius 3 is 2.14 bits per heavy atom. The summed E-state index contributed by atoms with van der Waals surface area (Å²) in [5.74, 6) is 0. The second-order valence-electron chi connectivity index (χ2n) is 2.99. The van der Waals surface area contributed by atoms with Gasteiger partial charge in [0.05, 0.1) is 9.85 Å². The summed E-state index contributed by atoms with van der Waals surface area (Å²) < 4.78 is 22.3. The van der Waals surface area contributed by atoms with Crippen molar-refractivity contribution in [2.75, 3.05) is 13.3 Å². The molecule has 5 heteroatoms. The lowest BCUT2D eigenvalue weighted by molar-refractivity contribution is 0.602. The van der Waals surface area contributed by atoms with Gasteiger partial charge in [-0.2, -0.15) is 0 Å². The predicted molar refractivity (Wildman–Crippen MR) is 60.3 cm³/mol. The van der Waals surface area contributed by atoms with Crippen LogP contribution in [0.2, 0.25) is 0 Å². The summed E-state index contributed by atoms with van der Waals surface area (Å²) in [6.07, 6.45) is 1.20. The number of sulfone groups is 1. The topological polar surface area (TPSA) is 46.2 Å². The smallest absolute Gasteiger partial charge is 0.175 e. The van der Waals surface area contributed by atoms with E-state index in [0.717, 1.165) is 5.56 Å². The van der Waals surface area contributed by atoms with Crippen molar-refractivity contribution in [3.63, 3.8) is 0 Å². The number of halogens is 1. The van der Waals surface area contributed by atoms with Crippen LogP contribution in [0.25, 0.3) is 0 Å². The Labute approximate surface area is 92.6 Å². The molecule has 0 aliphatic rings. The number of alkyl halides is 1. The van der Waals surface area contributed by atoms with Gasteiger partial charge in [0.25, 0.3) is 0 Å². The summed E-state index contributed by atoms with van der Waals surface area (Å²) in [5, 5.41) is 3.01. The van der Waals surface area contributed by atoms with Gasteiger partial charge in [0.2, 0.25) is 0 Å². The lowest BCUT2D eigenvalue weighted by Gasteiger charge is -2.08. The molecular weight excluding hydrogens is 266 g/mol. The van der Waals surface area contributed by atoms with Crippen LogP contribution in [0, 0.1) is 0 Å². The number of nitrogens with one attached hydrogen (secondary N) is 1. The van der Waals surface area contributed by atoms with Gasteiger partial charge in [0.15, 0.2) is 9.84 Å². The molecule has 0 heterocycles. The van der Waals surface area contributed by atoms with Gasteiger partial charge in [-0.1, -0.05) is 28.1 Å². The van der Waals surface area contributed by atoms with Crippen LogP contribution in [0.15, 0.2) is 29.2 Å². The molecular formula is C9H12BrNO2S. The van der Waals surface area contributed by atoms with Crippen LogP contribution in [-0.2, 0) is 9.84 Å². The minimum absolute atomic E-state index is 0.0520. The maximum Gasteiger partial charge on any atom is 0.175 e. The van der Waals surface area contributed by atoms with Crippen molar-refractivity contribution in [3.05, 3.63) is 29.8 Å². The van der Waals surface area contributed by atoms with Crippen LogP contribution in [0.4, 0.5) is 0 Å². The molecule has 0 bridgehead atoms. The van der Waals surface area contributed by atoms with Gasteiger partial charge in [0, 0.05) is 6.26 Å². The van der Waals surface area contributed by atoms with Crippen molar-refractivity contribution in [2.45, 2.75) is 9.85 Å². The SMILES string of the molecule is CNC(Br)c1ccc(S(C)(=O)=O)cc1. The Kier molecular flexibility index (Phi) is 3.69. The molecule has 0 saturated heterocycles. The average molecular weight is 278 g/mol. The third-order valence-corrected chi connectivity index (χ3v) is 3.97. The van der Waals surface area contributed by atoms with E-state index >= 15 is 0 Å². The molecule has 0 amide bonds. The molecule has 0 aromatic heterocycles. The van der Waals surface area contributed by atoms with E-state index in [0.29, 0.717) is 4.90 Å². The van der Waals surface area contributed by atoms with E-state index in [4.69, 9.17) is 0 Å². The Bertz CT molecular complexity index is 399. The van der Waals surface area contributed by atoms with E-state index in [1.54, 1.807) is 24.3 Å². The van der Waals surface area contributed by atoms with Crippen LogP contribution in [-0.4, -0.2) is 21.7 Å². The third-order valence-electron chi connectivity index (χ3n) is 1.85. The normalized spacial score (nSPS) is 13.9. The van der Waals surface area contributed by atoms with Gasteiger partial charge in [-0.3, -0.25) is 0 Å². The van der Waals surface area contributed by atoms with E-state index in [2.05, 4.69) is 21.2 Å². The minimum Gasteiger partial charge on any atom is -0.304 e. The molecule has 1 aromatic carbocycles. The highest BCUT2D eigenvalue weighted by molar-refractivity contribution is 9.09. The Hall–Kier alpha value is -0.390. The monoisotopic (exact) mass is 277 g/mol. The molecule has 1 N–H and O–H groups in total. The van der Waals surface area contributed by atoms with Crippen LogP contribution in [0.1, 0.15) is 10.5 Å². The average Bonchev–Trinajstić information content (AvgIpc) is 2.15. The lowest BCUT2D eigenvalue weighted by Crippen LogP contribution is -2.09. The molecule has 0 fully saturated rings. The Balaban J connectivity index is 3.01. The van der Waals surface area contributed by atoms with Gasteiger partial charge in [-0.15, -0.1) is 0 Å². The van der Waals surface area contributed by atoms with Crippen LogP contribution in [0.5, 0.6) is 0 Å². The van der Waals surface area contributed by atoms with Gasteiger partial charge >= 0.3 is 0 Å². The predicted octanol–water partition coefficient (Wildman–Crippen LogP) is 1.70. The maximum absolute atomic E-state index is 11.2. The zero-order valence-corrected chi connectivity index (χ0v) is 10.4. The van der Waals surface area contributed by atoms with E-state index in [1.165, 1.54) is 6.26 Å². The van der Waals surface area contributed by atoms with E-state index in [9.17, 15) is 8.42 Å². The number of rotatable bonds is 3. The van der Waals surface area contributed by atoms with Crippen molar-refractivity contribution in [1.29, 1.82) is 0 Å². The quantitative estimate of drug-likeness (QED) is 0.676. The summed E-state index contributed by atoms with van der Waals surface area (Å²) in [6, 6.07) is 6.78. The van der Waals surface area contributed by atoms with E-state index in [1.807, 2.05) is 7.05 Å². The molecule has 78 valence electrons. The van der Waals surface area contributed by atoms with Gasteiger partial charge < -0.3 is 5.32 Å². The molecule has 0 aliphatic carbocycles. The fourth-order valence-electron chi connectivity index (χ4n) is 1.05. The second kappa shape index (κ2) is 4.42. The highest BCUT2D eigenvalue weighted by atomic mass is 79.9. The van der Waals surface area contributed by atoms with Gasteiger partial charge in [-0.05, 0) is 24.7 Å². The first-order chi connectivity index (χ1) is 6.45. The number of hydrogen-bond donors (Lipinski definition) is 1. The molecule has 14 heavy (non-hydrogen) atoms. The lowest BCUT2D eigenvalue weighted by atomic mass is 10.2. The molecule has 1 aromatic rings. The van der Waals surface area contributed by atoms with E-state index < -0.39 is 9.84 Å². The molecule has 1 rings (SSSR count). The summed E-state index contributed by atoms with van der Waals surface area (Å²) >= 11 is 3.40. The van der Waals surface area contributed by atoms with Crippen molar-refractivity contribution in [3.8, 4) is 0 Å². The van der Waals surface area contributed by atoms with Crippen LogP contribution in [0.3, 0.4) is 0 Å². The molecule has 1 unspecified atom stereocenters. The number of hydrogen-bond acceptors (Lipinski definition) is 3. The fraction of sp³-hybridized carbons (Fsp3) is 0.333. The largest absolute Gasteiger partial charge is 0.304 e. The molecule has 0 saturated carbocycles. The summed E-state index contributed by atoms with van der Waals surface area (Å²) in [5.41, 5.74) is 1.000. The molecule has 0 aliphatic heterocycles. The highest BCUT2D eigenvalue weighted by Gasteiger charge is 2.08. The first kappa shape index (κ1) is 11.7. The summed E-state index contributed by atoms with van der Waals surface area (Å²) in [4.78, 5) is 0.396. The molecule has 3 nitrogen and oxygen atoms in total. The van der Waals surface area contributed by atoms with Crippen molar-refractivity contribution < 1.29 is 8.42 Å². The van der Waals surface area contributed by atoms with Gasteiger partial charge in [-0.25, -0.2) is 8.42 Å². The standard InChI is InChI=1S/C9H12BrNO2S/c1-11-9(10)7-3-5-8(6-4-7)14(2,12)13/h3-6,9,11H,1-2H3. The van der Waals surface area contributed by atoms with Crippen LogP contribution >= 0.6 is 15.9 Å². The molecule has 1 atom stereocenters. The summed E-state index contributed by atoms with van der Waals surface area (Å²) in [7, 11) is -1.26. The first-order valence-corrected chi connectivity index (χ1v) is 6.87. The zero-order chi connectivity index (χ0) is 10.8. The Morgan fingerprint density at radius 1 is 1.29 bits per heavy atom. The molecule has 0 radical (unpaired) electrons. The fourth-order valence-corrected chi connectivity index (χ4v) is 1.99. The van der Waals surface area contributed by atoms with Crippen LogP contribution < -0.4 is 5.32 Å². The van der Waals surface area contributed by atoms with E-state index in [-0.39, 0.29) is 4.95 Å². The first-order valence-electron chi connectivity index (χ1n) is 4.06. The maximum atomic E-state index is 11.2. The second-order valence-corrected chi connectivity index (χ2v) is 5.92. The minimum atomic E-state index is -3.09. The third kappa shape index (κ3) is 2.80. The van der Waals surface area contributed by atoms with Crippen molar-refractivity contribution >= 4 is 25.8 Å². The van der Waals surface area contributed by atoms with Crippen molar-refractivity contribution in [2.24, 2.45) is 0 Å². The highest BCUT2D eigenvalue weighted by Crippen LogP contribution is 2.20.